The minimum Gasteiger partial charge on any atom is -0.381 e. The Morgan fingerprint density at radius 2 is 2.11 bits per heavy atom. The number of nitrogens with zero attached hydrogens (tertiary/aromatic N) is 2. The van der Waals surface area contributed by atoms with Crippen LogP contribution in [0.2, 0.25) is 0 Å². The van der Waals surface area contributed by atoms with Crippen LogP contribution in [-0.2, 0) is 13.6 Å². The van der Waals surface area contributed by atoms with Gasteiger partial charge in [-0.1, -0.05) is 6.07 Å². The van der Waals surface area contributed by atoms with Crippen LogP contribution >= 0.6 is 11.8 Å². The number of aromatic nitrogens is 2. The van der Waals surface area contributed by atoms with Crippen molar-refractivity contribution in [3.8, 4) is 0 Å². The fourth-order valence-corrected chi connectivity index (χ4v) is 2.46. The van der Waals surface area contributed by atoms with Crippen molar-refractivity contribution in [2.24, 2.45) is 7.05 Å². The Kier molecular flexibility index (Phi) is 3.97. The molecule has 1 aromatic heterocycles. The van der Waals surface area contributed by atoms with E-state index < -0.39 is 0 Å². The van der Waals surface area contributed by atoms with E-state index >= 15 is 0 Å². The van der Waals surface area contributed by atoms with E-state index in [-0.39, 0.29) is 0 Å². The van der Waals surface area contributed by atoms with Gasteiger partial charge in [-0.3, -0.25) is 4.68 Å². The highest BCUT2D eigenvalue weighted by atomic mass is 32.2. The van der Waals surface area contributed by atoms with Crippen LogP contribution in [-0.4, -0.2) is 16.0 Å². The molecule has 96 valence electrons. The van der Waals surface area contributed by atoms with E-state index in [0.29, 0.717) is 0 Å². The monoisotopic (exact) mass is 261 g/mol. The smallest absolute Gasteiger partial charge is 0.0646 e. The standard InChI is InChI=1S/C14H19N3S/c1-10-14(11(2)17(3)16-10)9-15-12-6-5-7-13(8-12)18-4/h5-8,15H,9H2,1-4H3. The first-order valence-corrected chi connectivity index (χ1v) is 7.21. The van der Waals surface area contributed by atoms with Crippen LogP contribution in [0.25, 0.3) is 0 Å². The number of thioether (sulfide) groups is 1. The van der Waals surface area contributed by atoms with Crippen LogP contribution in [0.4, 0.5) is 5.69 Å². The molecule has 18 heavy (non-hydrogen) atoms. The number of nitrogens with one attached hydrogen (secondary N) is 1. The second kappa shape index (κ2) is 5.48. The van der Waals surface area contributed by atoms with E-state index in [0.717, 1.165) is 17.9 Å². The van der Waals surface area contributed by atoms with Crippen molar-refractivity contribution in [3.05, 3.63) is 41.2 Å². The molecule has 1 N–H and O–H groups in total. The third-order valence-electron chi connectivity index (χ3n) is 3.20. The molecule has 0 radical (unpaired) electrons. The van der Waals surface area contributed by atoms with Gasteiger partial charge < -0.3 is 5.32 Å². The van der Waals surface area contributed by atoms with Gasteiger partial charge in [0.15, 0.2) is 0 Å². The van der Waals surface area contributed by atoms with Crippen molar-refractivity contribution in [2.45, 2.75) is 25.3 Å². The van der Waals surface area contributed by atoms with Gasteiger partial charge in [-0.15, -0.1) is 11.8 Å². The third kappa shape index (κ3) is 2.70. The Morgan fingerprint density at radius 3 is 2.72 bits per heavy atom. The predicted molar refractivity (Wildman–Crippen MR) is 78.2 cm³/mol. The maximum Gasteiger partial charge on any atom is 0.0646 e. The van der Waals surface area contributed by atoms with Crippen molar-refractivity contribution in [1.29, 1.82) is 0 Å². The Balaban J connectivity index is 2.11. The summed E-state index contributed by atoms with van der Waals surface area (Å²) in [5.74, 6) is 0. The number of hydrogen-bond donors (Lipinski definition) is 1. The second-order valence-corrected chi connectivity index (χ2v) is 5.24. The summed E-state index contributed by atoms with van der Waals surface area (Å²) in [7, 11) is 1.99. The minimum atomic E-state index is 0.823. The molecule has 0 aliphatic heterocycles. The average molecular weight is 261 g/mol. The van der Waals surface area contributed by atoms with E-state index in [4.69, 9.17) is 0 Å². The molecule has 0 aliphatic carbocycles. The van der Waals surface area contributed by atoms with Gasteiger partial charge in [0.05, 0.1) is 5.69 Å². The zero-order valence-electron chi connectivity index (χ0n) is 11.3. The highest BCUT2D eigenvalue weighted by Crippen LogP contribution is 2.20. The molecule has 1 aromatic carbocycles. The summed E-state index contributed by atoms with van der Waals surface area (Å²) in [6, 6.07) is 8.47. The maximum absolute atomic E-state index is 4.43. The Morgan fingerprint density at radius 1 is 1.33 bits per heavy atom. The van der Waals surface area contributed by atoms with Crippen LogP contribution < -0.4 is 5.32 Å². The fourth-order valence-electron chi connectivity index (χ4n) is 2.00. The summed E-state index contributed by atoms with van der Waals surface area (Å²) in [5, 5.41) is 7.89. The molecule has 0 spiro atoms. The highest BCUT2D eigenvalue weighted by molar-refractivity contribution is 7.98. The van der Waals surface area contributed by atoms with Crippen LogP contribution in [0.15, 0.2) is 29.2 Å². The van der Waals surface area contributed by atoms with Crippen molar-refractivity contribution < 1.29 is 0 Å². The van der Waals surface area contributed by atoms with Gasteiger partial charge in [-0.2, -0.15) is 5.10 Å². The maximum atomic E-state index is 4.43. The van der Waals surface area contributed by atoms with Gasteiger partial charge in [0, 0.05) is 35.4 Å². The largest absolute Gasteiger partial charge is 0.381 e. The molecule has 1 heterocycles. The Labute approximate surface area is 113 Å². The summed E-state index contributed by atoms with van der Waals surface area (Å²) in [6.07, 6.45) is 2.09. The normalized spacial score (nSPS) is 10.7. The summed E-state index contributed by atoms with van der Waals surface area (Å²) in [6.45, 7) is 4.99. The molecule has 3 nitrogen and oxygen atoms in total. The molecule has 0 atom stereocenters. The number of hydrogen-bond acceptors (Lipinski definition) is 3. The summed E-state index contributed by atoms with van der Waals surface area (Å²) in [5.41, 5.74) is 4.76. The lowest BCUT2D eigenvalue weighted by Gasteiger charge is -2.08. The zero-order chi connectivity index (χ0) is 13.1. The van der Waals surface area contributed by atoms with Gasteiger partial charge in [-0.05, 0) is 38.3 Å². The molecule has 0 unspecified atom stereocenters. The van der Waals surface area contributed by atoms with Crippen molar-refractivity contribution >= 4 is 17.4 Å². The van der Waals surface area contributed by atoms with E-state index in [2.05, 4.69) is 54.8 Å². The number of anilines is 1. The van der Waals surface area contributed by atoms with Crippen molar-refractivity contribution in [2.75, 3.05) is 11.6 Å². The topological polar surface area (TPSA) is 29.9 Å². The lowest BCUT2D eigenvalue weighted by atomic mass is 10.2. The van der Waals surface area contributed by atoms with Gasteiger partial charge in [-0.25, -0.2) is 0 Å². The van der Waals surface area contributed by atoms with Crippen LogP contribution in [0.1, 0.15) is 17.0 Å². The molecule has 0 amide bonds. The lowest BCUT2D eigenvalue weighted by Crippen LogP contribution is -2.02. The van der Waals surface area contributed by atoms with E-state index in [9.17, 15) is 0 Å². The number of benzene rings is 1. The lowest BCUT2D eigenvalue weighted by molar-refractivity contribution is 0.730. The quantitative estimate of drug-likeness (QED) is 0.856. The Hall–Kier alpha value is -1.42. The molecular weight excluding hydrogens is 242 g/mol. The summed E-state index contributed by atoms with van der Waals surface area (Å²) < 4.78 is 1.94. The summed E-state index contributed by atoms with van der Waals surface area (Å²) in [4.78, 5) is 1.28. The summed E-state index contributed by atoms with van der Waals surface area (Å²) >= 11 is 1.76. The fraction of sp³-hybridized carbons (Fsp3) is 0.357. The van der Waals surface area contributed by atoms with Crippen LogP contribution in [0, 0.1) is 13.8 Å². The molecule has 0 fully saturated rings. The zero-order valence-corrected chi connectivity index (χ0v) is 12.1. The molecular formula is C14H19N3S. The number of rotatable bonds is 4. The molecule has 0 aliphatic rings. The van der Waals surface area contributed by atoms with E-state index in [1.54, 1.807) is 11.8 Å². The van der Waals surface area contributed by atoms with Crippen LogP contribution in [0.3, 0.4) is 0 Å². The highest BCUT2D eigenvalue weighted by Gasteiger charge is 2.08. The molecule has 0 saturated carbocycles. The first kappa shape index (κ1) is 13.0. The molecule has 2 rings (SSSR count). The van der Waals surface area contributed by atoms with E-state index in [1.807, 2.05) is 11.7 Å². The number of aryl methyl sites for hydroxylation is 2. The third-order valence-corrected chi connectivity index (χ3v) is 3.92. The van der Waals surface area contributed by atoms with Gasteiger partial charge in [0.1, 0.15) is 0 Å². The molecule has 0 saturated heterocycles. The second-order valence-electron chi connectivity index (χ2n) is 4.36. The minimum absolute atomic E-state index is 0.823. The van der Waals surface area contributed by atoms with Gasteiger partial charge in [0.2, 0.25) is 0 Å². The molecule has 4 heteroatoms. The molecule has 2 aromatic rings. The molecule has 0 bridgehead atoms. The van der Waals surface area contributed by atoms with E-state index in [1.165, 1.54) is 16.2 Å². The first-order valence-electron chi connectivity index (χ1n) is 5.99. The average Bonchev–Trinajstić information content (AvgIpc) is 2.61. The van der Waals surface area contributed by atoms with Crippen LogP contribution in [0.5, 0.6) is 0 Å². The van der Waals surface area contributed by atoms with Gasteiger partial charge >= 0.3 is 0 Å². The first-order chi connectivity index (χ1) is 8.61. The van der Waals surface area contributed by atoms with Crippen molar-refractivity contribution in [3.63, 3.8) is 0 Å². The van der Waals surface area contributed by atoms with Gasteiger partial charge in [0.25, 0.3) is 0 Å². The SMILES string of the molecule is CSc1cccc(NCc2c(C)nn(C)c2C)c1. The van der Waals surface area contributed by atoms with Crippen molar-refractivity contribution in [1.82, 2.24) is 9.78 Å². The Bertz CT molecular complexity index is 546. The predicted octanol–water partition coefficient (Wildman–Crippen LogP) is 3.37.